The predicted molar refractivity (Wildman–Crippen MR) is 166 cm³/mol. The van der Waals surface area contributed by atoms with Crippen molar-refractivity contribution in [3.63, 3.8) is 0 Å². The maximum absolute atomic E-state index is 11.7. The molecule has 1 saturated heterocycles. The summed E-state index contributed by atoms with van der Waals surface area (Å²) >= 11 is 7.67. The molecule has 6 heterocycles. The van der Waals surface area contributed by atoms with Gasteiger partial charge in [-0.3, -0.25) is 9.69 Å². The number of benzene rings is 1. The number of imidazole rings is 1. The molecule has 0 amide bonds. The molecule has 3 aliphatic rings. The zero-order valence-electron chi connectivity index (χ0n) is 24.2. The van der Waals surface area contributed by atoms with Gasteiger partial charge in [0.05, 0.1) is 57.2 Å². The van der Waals surface area contributed by atoms with Gasteiger partial charge in [-0.15, -0.1) is 11.3 Å². The first-order chi connectivity index (χ1) is 21.3. The predicted octanol–water partition coefficient (Wildman–Crippen LogP) is 5.86. The van der Waals surface area contributed by atoms with E-state index in [1.54, 1.807) is 30.3 Å². The van der Waals surface area contributed by atoms with E-state index in [-0.39, 0.29) is 24.1 Å². The molecule has 0 spiro atoms. The van der Waals surface area contributed by atoms with E-state index in [1.807, 2.05) is 6.07 Å². The Kier molecular flexibility index (Phi) is 7.88. The maximum atomic E-state index is 11.7. The molecule has 1 fully saturated rings. The van der Waals surface area contributed by atoms with E-state index >= 15 is 0 Å². The van der Waals surface area contributed by atoms with Crippen LogP contribution in [0.25, 0.3) is 16.6 Å². The maximum Gasteiger partial charge on any atom is 0.335 e. The van der Waals surface area contributed by atoms with Crippen molar-refractivity contribution in [2.45, 2.75) is 52.0 Å². The summed E-state index contributed by atoms with van der Waals surface area (Å²) in [6.45, 7) is 5.92. The Morgan fingerprint density at radius 3 is 2.77 bits per heavy atom. The zero-order chi connectivity index (χ0) is 30.4. The Balaban J connectivity index is 1.11. The highest BCUT2D eigenvalue weighted by atomic mass is 35.5. The number of pyridine rings is 1. The number of aromatic nitrogens is 3. The second kappa shape index (κ2) is 12.0. The third kappa shape index (κ3) is 5.72. The lowest BCUT2D eigenvalue weighted by atomic mass is 9.95. The monoisotopic (exact) mass is 634 g/mol. The Morgan fingerprint density at radius 1 is 1.16 bits per heavy atom. The number of carbonyl (C=O) groups excluding carboxylic acids is 1. The van der Waals surface area contributed by atoms with Crippen LogP contribution in [0.3, 0.4) is 0 Å². The number of thiophene rings is 1. The van der Waals surface area contributed by atoms with Crippen LogP contribution in [0.1, 0.15) is 62.6 Å². The molecule has 1 atom stereocenters. The molecule has 228 valence electrons. The van der Waals surface area contributed by atoms with Crippen molar-refractivity contribution in [1.82, 2.24) is 19.4 Å². The van der Waals surface area contributed by atoms with Gasteiger partial charge in [-0.25, -0.2) is 14.8 Å². The molecule has 4 aromatic rings. The number of Topliss-reactive ketones (excluding diaryl/α,β-unsaturated/α-hetero) is 1. The number of fused-ring (bicyclic) bond motifs is 3. The molecule has 10 nitrogen and oxygen atoms in total. The average molecular weight is 635 g/mol. The van der Waals surface area contributed by atoms with Crippen LogP contribution in [0, 0.1) is 0 Å². The number of carboxylic acids is 1. The highest BCUT2D eigenvalue weighted by Crippen LogP contribution is 2.38. The number of aromatic carboxylic acids is 1. The summed E-state index contributed by atoms with van der Waals surface area (Å²) in [7, 11) is 0. The van der Waals surface area contributed by atoms with Gasteiger partial charge in [0.2, 0.25) is 5.88 Å². The van der Waals surface area contributed by atoms with Crippen molar-refractivity contribution in [1.29, 1.82) is 0 Å². The van der Waals surface area contributed by atoms with Crippen LogP contribution in [-0.4, -0.2) is 68.7 Å². The second-order valence-electron chi connectivity index (χ2n) is 11.3. The summed E-state index contributed by atoms with van der Waals surface area (Å²) < 4.78 is 20.0. The third-order valence-electron chi connectivity index (χ3n) is 8.37. The van der Waals surface area contributed by atoms with Gasteiger partial charge in [0.1, 0.15) is 23.9 Å². The molecule has 0 unspecified atom stereocenters. The number of carbonyl (C=O) groups is 2. The number of halogens is 1. The van der Waals surface area contributed by atoms with Gasteiger partial charge in [0.15, 0.2) is 5.78 Å². The summed E-state index contributed by atoms with van der Waals surface area (Å²) in [5.74, 6) is 1.16. The lowest BCUT2D eigenvalue weighted by molar-refractivity contribution is -0.0591. The molecule has 12 heteroatoms. The molecule has 3 aromatic heterocycles. The second-order valence-corrected chi connectivity index (χ2v) is 12.8. The van der Waals surface area contributed by atoms with E-state index in [1.165, 1.54) is 29.4 Å². The lowest BCUT2D eigenvalue weighted by Gasteiger charge is -2.31. The Morgan fingerprint density at radius 2 is 2.02 bits per heavy atom. The minimum atomic E-state index is -0.952. The van der Waals surface area contributed by atoms with Crippen LogP contribution in [0.4, 0.5) is 0 Å². The fraction of sp³-hybridized carbons (Fsp3) is 0.375. The number of ketones is 1. The minimum Gasteiger partial charge on any atom is -0.491 e. The molecule has 7 rings (SSSR count). The van der Waals surface area contributed by atoms with Crippen molar-refractivity contribution >= 4 is 51.3 Å². The normalized spacial score (nSPS) is 18.3. The van der Waals surface area contributed by atoms with E-state index in [9.17, 15) is 14.7 Å². The number of ether oxygens (including phenoxy) is 3. The number of rotatable bonds is 9. The van der Waals surface area contributed by atoms with Crippen LogP contribution in [0.15, 0.2) is 42.0 Å². The first-order valence-electron chi connectivity index (χ1n) is 14.7. The summed E-state index contributed by atoms with van der Waals surface area (Å²) in [6.07, 6.45) is 2.69. The third-order valence-corrected chi connectivity index (χ3v) is 10.0. The van der Waals surface area contributed by atoms with Crippen LogP contribution in [0.5, 0.6) is 11.6 Å². The molecule has 0 aliphatic carbocycles. The Hall–Kier alpha value is -3.77. The van der Waals surface area contributed by atoms with E-state index in [2.05, 4.69) is 9.47 Å². The Labute approximate surface area is 262 Å². The first-order valence-corrected chi connectivity index (χ1v) is 15.9. The number of hydrogen-bond acceptors (Lipinski definition) is 9. The minimum absolute atomic E-state index is 0.0220. The standard InChI is InChI=1S/C32H31ClN4O6S/c1-18(38)27-13-23(33)28(44-27)17-43-30-5-4-26-31(35-30)22-6-9-36(14-20(22)7-10-42-26)16-29-34-24-3-2-19(32(39)40)12-25(24)37(29)15-21-8-11-41-21/h2-5,12-13,21H,6-11,14-17H2,1H3,(H,39,40)/t21-/m0/s1. The van der Waals surface area contributed by atoms with E-state index in [0.717, 1.165) is 72.1 Å². The number of nitrogens with zero attached hydrogens (tertiary/aromatic N) is 4. The quantitative estimate of drug-likeness (QED) is 0.226. The van der Waals surface area contributed by atoms with Crippen molar-refractivity contribution in [2.75, 3.05) is 26.3 Å². The van der Waals surface area contributed by atoms with E-state index in [0.29, 0.717) is 35.5 Å². The highest BCUT2D eigenvalue weighted by molar-refractivity contribution is 7.14. The molecule has 3 aliphatic heterocycles. The zero-order valence-corrected chi connectivity index (χ0v) is 25.7. The van der Waals surface area contributed by atoms with Gasteiger partial charge in [0.25, 0.3) is 0 Å². The SMILES string of the molecule is CC(=O)c1cc(Cl)c(COc2ccc3c(n2)C2=C(CCO3)CN(Cc3nc4ccc(C(=O)O)cc4n3C[C@@H]3CCO3)CC2)s1. The number of carboxylic acid groups (broad SMARTS) is 1. The van der Waals surface area contributed by atoms with Crippen molar-refractivity contribution < 1.29 is 28.9 Å². The number of hydrogen-bond donors (Lipinski definition) is 1. The molecule has 1 aromatic carbocycles. The van der Waals surface area contributed by atoms with Crippen LogP contribution in [0.2, 0.25) is 5.02 Å². The topological polar surface area (TPSA) is 116 Å². The Bertz CT molecular complexity index is 1810. The lowest BCUT2D eigenvalue weighted by Crippen LogP contribution is -2.34. The fourth-order valence-electron chi connectivity index (χ4n) is 5.95. The van der Waals surface area contributed by atoms with Crippen LogP contribution >= 0.6 is 22.9 Å². The van der Waals surface area contributed by atoms with Gasteiger partial charge < -0.3 is 23.9 Å². The highest BCUT2D eigenvalue weighted by Gasteiger charge is 2.28. The molecule has 1 N–H and O–H groups in total. The molecule has 0 bridgehead atoms. The largest absolute Gasteiger partial charge is 0.491 e. The smallest absolute Gasteiger partial charge is 0.335 e. The first kappa shape index (κ1) is 29.0. The van der Waals surface area contributed by atoms with Crippen LogP contribution in [-0.2, 0) is 24.4 Å². The summed E-state index contributed by atoms with van der Waals surface area (Å²) in [4.78, 5) is 37.0. The molecule has 44 heavy (non-hydrogen) atoms. The van der Waals surface area contributed by atoms with E-state index < -0.39 is 5.97 Å². The molecule has 0 saturated carbocycles. The van der Waals surface area contributed by atoms with Gasteiger partial charge >= 0.3 is 5.97 Å². The van der Waals surface area contributed by atoms with Gasteiger partial charge in [-0.05, 0) is 61.2 Å². The van der Waals surface area contributed by atoms with Gasteiger partial charge in [-0.1, -0.05) is 11.6 Å². The average Bonchev–Trinajstić information content (AvgIpc) is 3.46. The van der Waals surface area contributed by atoms with Crippen molar-refractivity contribution in [3.8, 4) is 11.6 Å². The molecule has 0 radical (unpaired) electrons. The van der Waals surface area contributed by atoms with Crippen LogP contribution < -0.4 is 9.47 Å². The van der Waals surface area contributed by atoms with Gasteiger partial charge in [-0.2, -0.15) is 0 Å². The molecular weight excluding hydrogens is 604 g/mol. The van der Waals surface area contributed by atoms with Crippen molar-refractivity contribution in [3.05, 3.63) is 73.8 Å². The van der Waals surface area contributed by atoms with Gasteiger partial charge in [0, 0.05) is 32.2 Å². The summed E-state index contributed by atoms with van der Waals surface area (Å²) in [6, 6.07) is 10.5. The molecular formula is C32H31ClN4O6S. The fourth-order valence-corrected chi connectivity index (χ4v) is 7.15. The summed E-state index contributed by atoms with van der Waals surface area (Å²) in [5.41, 5.74) is 5.14. The van der Waals surface area contributed by atoms with E-state index in [4.69, 9.17) is 35.8 Å². The van der Waals surface area contributed by atoms with Crippen molar-refractivity contribution in [2.24, 2.45) is 0 Å². The summed E-state index contributed by atoms with van der Waals surface area (Å²) in [5, 5.41) is 10.1.